The zero-order chi connectivity index (χ0) is 16.4. The number of hydrogen-bond acceptors (Lipinski definition) is 3. The first-order valence-electron chi connectivity index (χ1n) is 8.13. The van der Waals surface area contributed by atoms with Gasteiger partial charge in [0.1, 0.15) is 6.67 Å². The lowest BCUT2D eigenvalue weighted by Gasteiger charge is -2.22. The minimum absolute atomic E-state index is 0.707. The van der Waals surface area contributed by atoms with Gasteiger partial charge in [0.25, 0.3) is 0 Å². The second kappa shape index (κ2) is 6.20. The molecule has 0 unspecified atom stereocenters. The standard InChI is InChI=1S/C21H19N3/c1-17-10-8-9-15-20(17)24-16-23(19-13-6-3-7-14-19)21(22-24)18-11-4-2-5-12-18/h2-15H,16H2,1H3. The molecule has 0 N–H and O–H groups in total. The van der Waals surface area contributed by atoms with Crippen LogP contribution in [0.5, 0.6) is 0 Å². The summed E-state index contributed by atoms with van der Waals surface area (Å²) in [6.45, 7) is 2.83. The normalized spacial score (nSPS) is 14.0. The van der Waals surface area contributed by atoms with Gasteiger partial charge in [-0.1, -0.05) is 66.7 Å². The van der Waals surface area contributed by atoms with Gasteiger partial charge in [0.2, 0.25) is 0 Å². The molecule has 0 radical (unpaired) electrons. The van der Waals surface area contributed by atoms with E-state index in [4.69, 9.17) is 5.10 Å². The number of nitrogens with zero attached hydrogens (tertiary/aromatic N) is 3. The molecule has 0 aliphatic carbocycles. The minimum Gasteiger partial charge on any atom is -0.304 e. The van der Waals surface area contributed by atoms with Crippen LogP contribution in [0.3, 0.4) is 0 Å². The quantitative estimate of drug-likeness (QED) is 0.701. The van der Waals surface area contributed by atoms with Crippen LogP contribution in [0.1, 0.15) is 11.1 Å². The van der Waals surface area contributed by atoms with E-state index < -0.39 is 0 Å². The van der Waals surface area contributed by atoms with Crippen molar-refractivity contribution in [2.24, 2.45) is 5.10 Å². The first-order chi connectivity index (χ1) is 11.8. The number of hydrazone groups is 1. The van der Waals surface area contributed by atoms with Gasteiger partial charge in [-0.05, 0) is 30.7 Å². The van der Waals surface area contributed by atoms with Crippen molar-refractivity contribution in [3.63, 3.8) is 0 Å². The van der Waals surface area contributed by atoms with Crippen LogP contribution >= 0.6 is 0 Å². The third-order valence-electron chi connectivity index (χ3n) is 4.24. The molecule has 0 aromatic heterocycles. The molecule has 0 spiro atoms. The van der Waals surface area contributed by atoms with Crippen LogP contribution in [0.2, 0.25) is 0 Å². The predicted octanol–water partition coefficient (Wildman–Crippen LogP) is 4.64. The summed E-state index contributed by atoms with van der Waals surface area (Å²) in [5, 5.41) is 7.00. The molecule has 1 aliphatic heterocycles. The van der Waals surface area contributed by atoms with Crippen molar-refractivity contribution in [3.05, 3.63) is 96.1 Å². The number of amidine groups is 1. The summed E-state index contributed by atoms with van der Waals surface area (Å²) >= 11 is 0. The van der Waals surface area contributed by atoms with E-state index in [-0.39, 0.29) is 0 Å². The molecule has 3 aromatic rings. The topological polar surface area (TPSA) is 18.8 Å². The second-order valence-corrected chi connectivity index (χ2v) is 5.88. The maximum atomic E-state index is 4.92. The SMILES string of the molecule is Cc1ccccc1N1CN(c2ccccc2)C(c2ccccc2)=N1. The summed E-state index contributed by atoms with van der Waals surface area (Å²) in [5.74, 6) is 0.977. The Labute approximate surface area is 142 Å². The number of hydrogen-bond donors (Lipinski definition) is 0. The first-order valence-corrected chi connectivity index (χ1v) is 8.13. The van der Waals surface area contributed by atoms with Gasteiger partial charge in [-0.25, -0.2) is 5.01 Å². The monoisotopic (exact) mass is 313 g/mol. The second-order valence-electron chi connectivity index (χ2n) is 5.88. The van der Waals surface area contributed by atoms with Gasteiger partial charge in [0.15, 0.2) is 5.84 Å². The molecule has 3 aromatic carbocycles. The van der Waals surface area contributed by atoms with Gasteiger partial charge in [-0.2, -0.15) is 5.10 Å². The highest BCUT2D eigenvalue weighted by molar-refractivity contribution is 6.12. The molecular formula is C21H19N3. The van der Waals surface area contributed by atoms with Crippen LogP contribution in [0.25, 0.3) is 0 Å². The summed E-state index contributed by atoms with van der Waals surface area (Å²) in [5.41, 5.74) is 4.64. The van der Waals surface area contributed by atoms with Crippen molar-refractivity contribution >= 4 is 17.2 Å². The summed E-state index contributed by atoms with van der Waals surface area (Å²) < 4.78 is 0. The molecule has 1 heterocycles. The summed E-state index contributed by atoms with van der Waals surface area (Å²) in [7, 11) is 0. The fourth-order valence-corrected chi connectivity index (χ4v) is 3.00. The molecule has 0 amide bonds. The van der Waals surface area contributed by atoms with E-state index in [1.807, 2.05) is 12.1 Å². The maximum absolute atomic E-state index is 4.92. The number of benzene rings is 3. The molecule has 118 valence electrons. The van der Waals surface area contributed by atoms with Crippen molar-refractivity contribution in [1.29, 1.82) is 0 Å². The lowest BCUT2D eigenvalue weighted by atomic mass is 10.2. The van der Waals surface area contributed by atoms with Gasteiger partial charge >= 0.3 is 0 Å². The average molecular weight is 313 g/mol. The molecule has 0 fully saturated rings. The van der Waals surface area contributed by atoms with Crippen molar-refractivity contribution < 1.29 is 0 Å². The van der Waals surface area contributed by atoms with E-state index in [0.717, 1.165) is 22.8 Å². The molecule has 4 rings (SSSR count). The third kappa shape index (κ3) is 2.65. The molecular weight excluding hydrogens is 294 g/mol. The average Bonchev–Trinajstić information content (AvgIpc) is 3.09. The molecule has 0 saturated heterocycles. The lowest BCUT2D eigenvalue weighted by Crippen LogP contribution is -2.31. The Morgan fingerprint density at radius 2 is 1.38 bits per heavy atom. The van der Waals surface area contributed by atoms with Crippen LogP contribution < -0.4 is 9.91 Å². The molecule has 24 heavy (non-hydrogen) atoms. The van der Waals surface area contributed by atoms with Crippen LogP contribution in [-0.4, -0.2) is 12.5 Å². The zero-order valence-electron chi connectivity index (χ0n) is 13.6. The Balaban J connectivity index is 1.78. The fourth-order valence-electron chi connectivity index (χ4n) is 3.00. The largest absolute Gasteiger partial charge is 0.304 e. The van der Waals surface area contributed by atoms with Gasteiger partial charge in [-0.15, -0.1) is 0 Å². The Hall–Kier alpha value is -3.07. The van der Waals surface area contributed by atoms with Gasteiger partial charge in [0.05, 0.1) is 5.69 Å². The lowest BCUT2D eigenvalue weighted by molar-refractivity contribution is 0.907. The first kappa shape index (κ1) is 14.5. The van der Waals surface area contributed by atoms with E-state index >= 15 is 0 Å². The van der Waals surface area contributed by atoms with E-state index in [0.29, 0.717) is 6.67 Å². The van der Waals surface area contributed by atoms with Crippen molar-refractivity contribution in [1.82, 2.24) is 0 Å². The zero-order valence-corrected chi connectivity index (χ0v) is 13.6. The Morgan fingerprint density at radius 3 is 2.08 bits per heavy atom. The smallest absolute Gasteiger partial charge is 0.162 e. The Kier molecular flexibility index (Phi) is 3.75. The number of para-hydroxylation sites is 2. The molecule has 0 bridgehead atoms. The van der Waals surface area contributed by atoms with Crippen LogP contribution in [0, 0.1) is 6.92 Å². The van der Waals surface area contributed by atoms with Crippen molar-refractivity contribution in [2.75, 3.05) is 16.6 Å². The highest BCUT2D eigenvalue weighted by Crippen LogP contribution is 2.28. The number of anilines is 2. The Morgan fingerprint density at radius 1 is 0.750 bits per heavy atom. The third-order valence-corrected chi connectivity index (χ3v) is 4.24. The summed E-state index contributed by atoms with van der Waals surface area (Å²) in [6, 6.07) is 29.1. The number of rotatable bonds is 3. The van der Waals surface area contributed by atoms with E-state index in [9.17, 15) is 0 Å². The molecule has 3 heteroatoms. The van der Waals surface area contributed by atoms with Gasteiger partial charge in [0, 0.05) is 11.3 Å². The molecule has 0 atom stereocenters. The molecule has 1 aliphatic rings. The summed E-state index contributed by atoms with van der Waals surface area (Å²) in [4.78, 5) is 2.25. The highest BCUT2D eigenvalue weighted by Gasteiger charge is 2.26. The predicted molar refractivity (Wildman–Crippen MR) is 100 cm³/mol. The Bertz CT molecular complexity index is 857. The molecule has 3 nitrogen and oxygen atoms in total. The van der Waals surface area contributed by atoms with E-state index in [2.05, 4.69) is 89.6 Å². The van der Waals surface area contributed by atoms with Crippen LogP contribution in [0.4, 0.5) is 11.4 Å². The van der Waals surface area contributed by atoms with Crippen molar-refractivity contribution in [3.8, 4) is 0 Å². The maximum Gasteiger partial charge on any atom is 0.162 e. The van der Waals surface area contributed by atoms with E-state index in [1.54, 1.807) is 0 Å². The number of aryl methyl sites for hydroxylation is 1. The minimum atomic E-state index is 0.707. The highest BCUT2D eigenvalue weighted by atomic mass is 15.6. The van der Waals surface area contributed by atoms with Crippen LogP contribution in [-0.2, 0) is 0 Å². The van der Waals surface area contributed by atoms with E-state index in [1.165, 1.54) is 5.56 Å². The van der Waals surface area contributed by atoms with Crippen molar-refractivity contribution in [2.45, 2.75) is 6.92 Å². The van der Waals surface area contributed by atoms with Gasteiger partial charge in [-0.3, -0.25) is 0 Å². The van der Waals surface area contributed by atoms with Gasteiger partial charge < -0.3 is 4.90 Å². The summed E-state index contributed by atoms with van der Waals surface area (Å²) in [6.07, 6.45) is 0. The van der Waals surface area contributed by atoms with Crippen LogP contribution in [0.15, 0.2) is 90.0 Å². The molecule has 0 saturated carbocycles. The fraction of sp³-hybridized carbons (Fsp3) is 0.0952.